The Balaban J connectivity index is 2.91. The highest BCUT2D eigenvalue weighted by molar-refractivity contribution is 8.14. The molecule has 0 saturated heterocycles. The van der Waals surface area contributed by atoms with E-state index in [2.05, 4.69) is 4.99 Å². The maximum absolute atomic E-state index is 11.7. The number of thioether (sulfide) groups is 1. The summed E-state index contributed by atoms with van der Waals surface area (Å²) in [6, 6.07) is 0. The zero-order valence-electron chi connectivity index (χ0n) is 7.89. The summed E-state index contributed by atoms with van der Waals surface area (Å²) in [7, 11) is -0.284. The maximum Gasteiger partial charge on any atom is 0.305 e. The molecule has 5 nitrogen and oxygen atoms in total. The molecule has 1 aliphatic rings. The Morgan fingerprint density at radius 3 is 2.62 bits per heavy atom. The molecule has 0 radical (unpaired) electrons. The van der Waals surface area contributed by atoms with Gasteiger partial charge in [-0.25, -0.2) is 4.31 Å². The summed E-state index contributed by atoms with van der Waals surface area (Å²) in [5, 5.41) is 0.578. The predicted octanol–water partition coefficient (Wildman–Crippen LogP) is -0.173. The topological polar surface area (TPSA) is 53.0 Å². The van der Waals surface area contributed by atoms with E-state index in [1.54, 1.807) is 0 Å². The van der Waals surface area contributed by atoms with Gasteiger partial charge in [0.05, 0.1) is 13.1 Å². The SMILES string of the molecule is CSC1=NCCN1S(=O)(=O)N(C)C. The Morgan fingerprint density at radius 1 is 1.54 bits per heavy atom. The fraction of sp³-hybridized carbons (Fsp3) is 0.833. The first-order valence-electron chi connectivity index (χ1n) is 3.78. The van der Waals surface area contributed by atoms with E-state index in [9.17, 15) is 8.42 Å². The molecular formula is C6H13N3O2S2. The predicted molar refractivity (Wildman–Crippen MR) is 55.1 cm³/mol. The van der Waals surface area contributed by atoms with Crippen molar-refractivity contribution < 1.29 is 8.42 Å². The van der Waals surface area contributed by atoms with Crippen LogP contribution in [0.2, 0.25) is 0 Å². The summed E-state index contributed by atoms with van der Waals surface area (Å²) in [5.74, 6) is 0. The molecule has 0 aromatic rings. The van der Waals surface area contributed by atoms with Gasteiger partial charge in [-0.2, -0.15) is 12.7 Å². The van der Waals surface area contributed by atoms with E-state index in [4.69, 9.17) is 0 Å². The molecule has 0 amide bonds. The first-order chi connectivity index (χ1) is 6.00. The monoisotopic (exact) mass is 223 g/mol. The minimum atomic E-state index is -3.32. The van der Waals surface area contributed by atoms with Crippen LogP contribution in [0.15, 0.2) is 4.99 Å². The minimum Gasteiger partial charge on any atom is -0.260 e. The van der Waals surface area contributed by atoms with Crippen LogP contribution in [0.3, 0.4) is 0 Å². The van der Waals surface area contributed by atoms with Gasteiger partial charge in [0.15, 0.2) is 5.17 Å². The van der Waals surface area contributed by atoms with Gasteiger partial charge >= 0.3 is 10.2 Å². The van der Waals surface area contributed by atoms with Crippen LogP contribution in [0.1, 0.15) is 0 Å². The van der Waals surface area contributed by atoms with Crippen LogP contribution in [0, 0.1) is 0 Å². The molecule has 7 heteroatoms. The van der Waals surface area contributed by atoms with Crippen molar-refractivity contribution in [2.45, 2.75) is 0 Å². The molecule has 0 N–H and O–H groups in total. The average molecular weight is 223 g/mol. The Hall–Kier alpha value is -0.270. The van der Waals surface area contributed by atoms with Gasteiger partial charge < -0.3 is 0 Å². The highest BCUT2D eigenvalue weighted by Crippen LogP contribution is 2.16. The van der Waals surface area contributed by atoms with E-state index in [1.807, 2.05) is 6.26 Å². The number of hydrogen-bond acceptors (Lipinski definition) is 4. The normalized spacial score (nSPS) is 18.2. The molecule has 13 heavy (non-hydrogen) atoms. The van der Waals surface area contributed by atoms with Crippen molar-refractivity contribution in [1.82, 2.24) is 8.61 Å². The Kier molecular flexibility index (Phi) is 3.20. The largest absolute Gasteiger partial charge is 0.305 e. The average Bonchev–Trinajstić information content (AvgIpc) is 2.51. The van der Waals surface area contributed by atoms with Gasteiger partial charge in [-0.15, -0.1) is 0 Å². The maximum atomic E-state index is 11.7. The van der Waals surface area contributed by atoms with E-state index in [1.165, 1.54) is 34.5 Å². The van der Waals surface area contributed by atoms with Crippen LogP contribution in [-0.4, -0.2) is 55.6 Å². The molecule has 0 bridgehead atoms. The van der Waals surface area contributed by atoms with Crippen molar-refractivity contribution in [2.24, 2.45) is 4.99 Å². The smallest absolute Gasteiger partial charge is 0.260 e. The van der Waals surface area contributed by atoms with Crippen LogP contribution in [0.5, 0.6) is 0 Å². The Labute approximate surface area is 83.0 Å². The summed E-state index contributed by atoms with van der Waals surface area (Å²) in [6.45, 7) is 1.01. The molecule has 0 aromatic carbocycles. The molecule has 0 atom stereocenters. The zero-order chi connectivity index (χ0) is 10.1. The van der Waals surface area contributed by atoms with Crippen LogP contribution >= 0.6 is 11.8 Å². The summed E-state index contributed by atoms with van der Waals surface area (Å²) in [5.41, 5.74) is 0. The molecule has 0 aliphatic carbocycles. The third-order valence-electron chi connectivity index (χ3n) is 1.69. The van der Waals surface area contributed by atoms with Gasteiger partial charge in [0.1, 0.15) is 0 Å². The van der Waals surface area contributed by atoms with Gasteiger partial charge in [0.25, 0.3) is 0 Å². The lowest BCUT2D eigenvalue weighted by molar-refractivity contribution is 0.468. The zero-order valence-corrected chi connectivity index (χ0v) is 9.52. The molecule has 1 rings (SSSR count). The van der Waals surface area contributed by atoms with E-state index in [0.29, 0.717) is 18.3 Å². The van der Waals surface area contributed by atoms with Crippen LogP contribution < -0.4 is 0 Å². The number of nitrogens with zero attached hydrogens (tertiary/aromatic N) is 3. The van der Waals surface area contributed by atoms with Crippen molar-refractivity contribution in [3.63, 3.8) is 0 Å². The second-order valence-corrected chi connectivity index (χ2v) is 5.57. The molecule has 0 aromatic heterocycles. The summed E-state index contributed by atoms with van der Waals surface area (Å²) in [6.07, 6.45) is 1.82. The van der Waals surface area contributed by atoms with E-state index in [0.717, 1.165) is 0 Å². The number of hydrogen-bond donors (Lipinski definition) is 0. The van der Waals surface area contributed by atoms with Gasteiger partial charge in [-0.3, -0.25) is 4.99 Å². The first-order valence-corrected chi connectivity index (χ1v) is 6.41. The van der Waals surface area contributed by atoms with E-state index < -0.39 is 10.2 Å². The van der Waals surface area contributed by atoms with Crippen molar-refractivity contribution >= 4 is 27.1 Å². The molecule has 76 valence electrons. The van der Waals surface area contributed by atoms with Crippen LogP contribution in [0.4, 0.5) is 0 Å². The van der Waals surface area contributed by atoms with Crippen molar-refractivity contribution in [3.8, 4) is 0 Å². The van der Waals surface area contributed by atoms with Crippen LogP contribution in [-0.2, 0) is 10.2 Å². The summed E-state index contributed by atoms with van der Waals surface area (Å²) in [4.78, 5) is 4.08. The lowest BCUT2D eigenvalue weighted by Gasteiger charge is -2.22. The molecular weight excluding hydrogens is 210 g/mol. The van der Waals surface area contributed by atoms with Crippen molar-refractivity contribution in [3.05, 3.63) is 0 Å². The molecule has 0 unspecified atom stereocenters. The van der Waals surface area contributed by atoms with Gasteiger partial charge in [0, 0.05) is 14.1 Å². The molecule has 0 saturated carbocycles. The summed E-state index contributed by atoms with van der Waals surface area (Å²) >= 11 is 1.35. The fourth-order valence-corrected chi connectivity index (χ4v) is 2.97. The lowest BCUT2D eigenvalue weighted by Crippen LogP contribution is -2.41. The third-order valence-corrected chi connectivity index (χ3v) is 4.35. The number of rotatable bonds is 2. The first kappa shape index (κ1) is 10.8. The quantitative estimate of drug-likeness (QED) is 0.653. The second-order valence-electron chi connectivity index (χ2n) is 2.73. The second kappa shape index (κ2) is 3.85. The van der Waals surface area contributed by atoms with E-state index >= 15 is 0 Å². The lowest BCUT2D eigenvalue weighted by atomic mass is 10.7. The fourth-order valence-electron chi connectivity index (χ4n) is 0.989. The molecule has 1 aliphatic heterocycles. The molecule has 1 heterocycles. The van der Waals surface area contributed by atoms with Crippen LogP contribution in [0.25, 0.3) is 0 Å². The van der Waals surface area contributed by atoms with Crippen molar-refractivity contribution in [1.29, 1.82) is 0 Å². The van der Waals surface area contributed by atoms with Gasteiger partial charge in [-0.05, 0) is 6.26 Å². The highest BCUT2D eigenvalue weighted by Gasteiger charge is 2.29. The minimum absolute atomic E-state index is 0.455. The molecule has 0 fully saturated rings. The third kappa shape index (κ3) is 1.97. The highest BCUT2D eigenvalue weighted by atomic mass is 32.2. The molecule has 0 spiro atoms. The Morgan fingerprint density at radius 2 is 2.15 bits per heavy atom. The number of aliphatic imine (C=N–C) groups is 1. The summed E-state index contributed by atoms with van der Waals surface area (Å²) < 4.78 is 25.8. The van der Waals surface area contributed by atoms with Gasteiger partial charge in [-0.1, -0.05) is 11.8 Å². The standard InChI is InChI=1S/C6H13N3O2S2/c1-8(2)13(10,11)9-5-4-7-6(9)12-3/h4-5H2,1-3H3. The van der Waals surface area contributed by atoms with Crippen molar-refractivity contribution in [2.75, 3.05) is 33.4 Å². The van der Waals surface area contributed by atoms with E-state index in [-0.39, 0.29) is 0 Å². The Bertz CT molecular complexity index is 310. The number of amidine groups is 1. The van der Waals surface area contributed by atoms with Gasteiger partial charge in [0.2, 0.25) is 0 Å².